The minimum absolute atomic E-state index is 0.00940. The maximum atomic E-state index is 12.2. The zero-order chi connectivity index (χ0) is 22.3. The second-order valence-corrected chi connectivity index (χ2v) is 6.14. The van der Waals surface area contributed by atoms with E-state index in [1.165, 1.54) is 12.1 Å². The first-order valence-electron chi connectivity index (χ1n) is 8.80. The predicted octanol–water partition coefficient (Wildman–Crippen LogP) is 0.352. The number of fused-ring (bicyclic) bond motifs is 1. The highest BCUT2D eigenvalue weighted by atomic mass is 19.4. The molecule has 0 aliphatic rings. The van der Waals surface area contributed by atoms with E-state index in [0.717, 1.165) is 4.90 Å². The van der Waals surface area contributed by atoms with E-state index in [1.807, 2.05) is 0 Å². The molecule has 0 unspecified atom stereocenters. The molecule has 0 saturated heterocycles. The lowest BCUT2D eigenvalue weighted by Gasteiger charge is -2.19. The van der Waals surface area contributed by atoms with Gasteiger partial charge in [-0.05, 0) is 18.9 Å². The molecule has 0 fully saturated rings. The summed E-state index contributed by atoms with van der Waals surface area (Å²) in [4.78, 5) is 23.2. The fraction of sp³-hybridized carbons (Fsp3) is 0.438. The molecular weight excluding hydrogens is 413 g/mol. The normalized spacial score (nSPS) is 11.3. The molecule has 0 saturated carbocycles. The van der Waals surface area contributed by atoms with Gasteiger partial charge in [0, 0.05) is 30.5 Å². The van der Waals surface area contributed by atoms with Crippen molar-refractivity contribution in [1.29, 1.82) is 0 Å². The Morgan fingerprint density at radius 2 is 1.70 bits per heavy atom. The van der Waals surface area contributed by atoms with E-state index in [2.05, 4.69) is 10.4 Å². The standard InChI is InChI=1S/C16H19F3N6O5/c17-16(18,19)13(26)20-7-3-9-23(15(27)28)10-4-8-21-14-22-25(30)12-6-2-1-5-11(12)24(14)29/h1-2,5-6H,3-4,7-10H2,(H,20,26)(H,21,22)(H,27,28). The summed E-state index contributed by atoms with van der Waals surface area (Å²) in [7, 11) is 0. The number of nitrogens with zero attached hydrogens (tertiary/aromatic N) is 4. The molecule has 1 aromatic carbocycles. The van der Waals surface area contributed by atoms with E-state index < -0.39 is 18.2 Å². The van der Waals surface area contributed by atoms with Crippen molar-refractivity contribution in [1.82, 2.24) is 15.3 Å². The zero-order valence-corrected chi connectivity index (χ0v) is 15.6. The summed E-state index contributed by atoms with van der Waals surface area (Å²) in [5.41, 5.74) is 0.200. The van der Waals surface area contributed by atoms with E-state index in [0.29, 0.717) is 9.58 Å². The molecular formula is C16H19F3N6O5. The number of halogens is 3. The molecule has 2 amide bonds. The molecule has 164 valence electrons. The van der Waals surface area contributed by atoms with E-state index in [4.69, 9.17) is 5.11 Å². The van der Waals surface area contributed by atoms with Gasteiger partial charge in [0.05, 0.1) is 6.54 Å². The van der Waals surface area contributed by atoms with Gasteiger partial charge in [0.25, 0.3) is 5.52 Å². The number of hydrogen-bond acceptors (Lipinski definition) is 6. The van der Waals surface area contributed by atoms with Crippen LogP contribution in [0.5, 0.6) is 0 Å². The largest absolute Gasteiger partial charge is 0.739 e. The molecule has 2 rings (SSSR count). The summed E-state index contributed by atoms with van der Waals surface area (Å²) >= 11 is 0. The van der Waals surface area contributed by atoms with E-state index in [-0.39, 0.29) is 56.0 Å². The average Bonchev–Trinajstić information content (AvgIpc) is 2.69. The monoisotopic (exact) mass is 432 g/mol. The number of anilines is 1. The third kappa shape index (κ3) is 5.96. The number of nitrogens with one attached hydrogen (secondary N) is 2. The van der Waals surface area contributed by atoms with Crippen LogP contribution in [-0.4, -0.2) is 59.5 Å². The van der Waals surface area contributed by atoms with Gasteiger partial charge in [0.2, 0.25) is 5.10 Å². The van der Waals surface area contributed by atoms with Gasteiger partial charge < -0.3 is 25.7 Å². The first kappa shape index (κ1) is 22.7. The third-order valence-corrected chi connectivity index (χ3v) is 3.99. The molecule has 3 N–H and O–H groups in total. The van der Waals surface area contributed by atoms with E-state index >= 15 is 0 Å². The highest BCUT2D eigenvalue weighted by Gasteiger charge is 2.38. The smallest absolute Gasteiger partial charge is 0.471 e. The van der Waals surface area contributed by atoms with Gasteiger partial charge >= 0.3 is 24.1 Å². The van der Waals surface area contributed by atoms with Crippen LogP contribution < -0.4 is 20.2 Å². The number of carbonyl (C=O) groups is 2. The van der Waals surface area contributed by atoms with E-state index in [1.54, 1.807) is 17.4 Å². The van der Waals surface area contributed by atoms with Gasteiger partial charge in [-0.15, -0.1) is 0 Å². The van der Waals surface area contributed by atoms with Crippen molar-refractivity contribution in [3.8, 4) is 0 Å². The molecule has 11 nitrogen and oxygen atoms in total. The highest BCUT2D eigenvalue weighted by molar-refractivity contribution is 5.81. The van der Waals surface area contributed by atoms with Crippen LogP contribution >= 0.6 is 0 Å². The number of carbonyl (C=O) groups excluding carboxylic acids is 1. The second kappa shape index (κ2) is 9.76. The number of hydrogen-bond donors (Lipinski definition) is 3. The van der Waals surface area contributed by atoms with Crippen LogP contribution in [0.4, 0.5) is 23.9 Å². The number of alkyl halides is 3. The number of benzene rings is 1. The molecule has 0 bridgehead atoms. The maximum Gasteiger partial charge on any atom is 0.471 e. The summed E-state index contributed by atoms with van der Waals surface area (Å²) in [6, 6.07) is 6.06. The topological polar surface area (TPSA) is 148 Å². The second-order valence-electron chi connectivity index (χ2n) is 6.14. The van der Waals surface area contributed by atoms with Gasteiger partial charge in [0.15, 0.2) is 5.52 Å². The molecule has 30 heavy (non-hydrogen) atoms. The highest BCUT2D eigenvalue weighted by Crippen LogP contribution is 2.13. The van der Waals surface area contributed by atoms with Gasteiger partial charge in [-0.3, -0.25) is 10.1 Å². The Morgan fingerprint density at radius 3 is 2.30 bits per heavy atom. The molecule has 14 heteroatoms. The van der Waals surface area contributed by atoms with Crippen LogP contribution in [0, 0.1) is 10.4 Å². The summed E-state index contributed by atoms with van der Waals surface area (Å²) in [6.07, 6.45) is -6.05. The van der Waals surface area contributed by atoms with Gasteiger partial charge in [-0.2, -0.15) is 13.2 Å². The quantitative estimate of drug-likeness (QED) is 0.294. The van der Waals surface area contributed by atoms with Crippen molar-refractivity contribution >= 4 is 29.0 Å². The molecule has 0 aliphatic carbocycles. The molecule has 0 spiro atoms. The van der Waals surface area contributed by atoms with Crippen molar-refractivity contribution < 1.29 is 37.4 Å². The van der Waals surface area contributed by atoms with Gasteiger partial charge in [-0.25, -0.2) is 9.52 Å². The molecule has 1 heterocycles. The van der Waals surface area contributed by atoms with Crippen LogP contribution in [-0.2, 0) is 4.79 Å². The fourth-order valence-electron chi connectivity index (χ4n) is 2.54. The van der Waals surface area contributed by atoms with Crippen molar-refractivity contribution in [2.75, 3.05) is 31.5 Å². The first-order valence-corrected chi connectivity index (χ1v) is 8.80. The van der Waals surface area contributed by atoms with Crippen molar-refractivity contribution in [2.45, 2.75) is 19.0 Å². The Balaban J connectivity index is 1.81. The molecule has 0 atom stereocenters. The van der Waals surface area contributed by atoms with Crippen LogP contribution in [0.1, 0.15) is 12.8 Å². The fourth-order valence-corrected chi connectivity index (χ4v) is 2.54. The Bertz CT molecular complexity index is 911. The van der Waals surface area contributed by atoms with E-state index in [9.17, 15) is 33.2 Å². The Morgan fingerprint density at radius 1 is 1.10 bits per heavy atom. The molecule has 0 radical (unpaired) electrons. The number of rotatable bonds is 9. The predicted molar refractivity (Wildman–Crippen MR) is 96.0 cm³/mol. The Hall–Kier alpha value is -3.58. The molecule has 1 aromatic heterocycles. The number of amides is 2. The third-order valence-electron chi connectivity index (χ3n) is 3.99. The Labute approximate surface area is 167 Å². The van der Waals surface area contributed by atoms with Crippen LogP contribution in [0.2, 0.25) is 0 Å². The lowest BCUT2D eigenvalue weighted by Crippen LogP contribution is -2.44. The van der Waals surface area contributed by atoms with Gasteiger partial charge in [-0.1, -0.05) is 12.1 Å². The van der Waals surface area contributed by atoms with Crippen molar-refractivity contribution in [3.05, 3.63) is 34.7 Å². The lowest BCUT2D eigenvalue weighted by molar-refractivity contribution is -0.672. The number of aromatic nitrogens is 3. The minimum Gasteiger partial charge on any atom is -0.739 e. The average molecular weight is 432 g/mol. The molecule has 2 aromatic rings. The minimum atomic E-state index is -4.99. The van der Waals surface area contributed by atoms with Crippen molar-refractivity contribution in [2.24, 2.45) is 0 Å². The number of para-hydroxylation sites is 2. The first-order chi connectivity index (χ1) is 14.1. The van der Waals surface area contributed by atoms with Crippen LogP contribution in [0.15, 0.2) is 24.3 Å². The Kier molecular flexibility index (Phi) is 7.38. The summed E-state index contributed by atoms with van der Waals surface area (Å²) in [6.45, 7) is -0.299. The van der Waals surface area contributed by atoms with Gasteiger partial charge in [0.1, 0.15) is 0 Å². The summed E-state index contributed by atoms with van der Waals surface area (Å²) in [5, 5.41) is 41.2. The number of carboxylic acid groups (broad SMARTS) is 1. The zero-order valence-electron chi connectivity index (χ0n) is 15.6. The van der Waals surface area contributed by atoms with Crippen LogP contribution in [0.3, 0.4) is 0 Å². The van der Waals surface area contributed by atoms with Crippen molar-refractivity contribution in [3.63, 3.8) is 0 Å². The summed E-state index contributed by atoms with van der Waals surface area (Å²) in [5.74, 6) is -2.33. The van der Waals surface area contributed by atoms with Crippen LogP contribution in [0.25, 0.3) is 11.0 Å². The summed E-state index contributed by atoms with van der Waals surface area (Å²) < 4.78 is 36.7. The SMILES string of the molecule is O=C(O)N(CCCNC(=O)C(F)(F)F)CCCNc1n[n+]([O-])c2ccccc2[n+]1[O-]. The lowest BCUT2D eigenvalue weighted by atomic mass is 10.3. The maximum absolute atomic E-state index is 12.2. The molecule has 0 aliphatic heterocycles.